The summed E-state index contributed by atoms with van der Waals surface area (Å²) in [6, 6.07) is 7.35. The molecule has 1 aliphatic heterocycles. The minimum Gasteiger partial charge on any atom is -0.310 e. The minimum atomic E-state index is -4.26. The molecule has 0 saturated heterocycles. The third-order valence-electron chi connectivity index (χ3n) is 5.13. The summed E-state index contributed by atoms with van der Waals surface area (Å²) in [5.74, 6) is -0.776. The van der Waals surface area contributed by atoms with Gasteiger partial charge in [-0.15, -0.1) is 11.3 Å². The highest BCUT2D eigenvalue weighted by atomic mass is 32.3. The van der Waals surface area contributed by atoms with Crippen LogP contribution < -0.4 is 10.0 Å². The monoisotopic (exact) mass is 519 g/mol. The molecule has 1 amide bonds. The van der Waals surface area contributed by atoms with Crippen LogP contribution in [0.25, 0.3) is 0 Å². The van der Waals surface area contributed by atoms with Gasteiger partial charge in [-0.3, -0.25) is 15.2 Å². The number of rotatable bonds is 9. The first-order valence-electron chi connectivity index (χ1n) is 9.99. The van der Waals surface area contributed by atoms with Gasteiger partial charge in [-0.1, -0.05) is 31.2 Å². The second-order valence-corrected chi connectivity index (χ2v) is 13.1. The van der Waals surface area contributed by atoms with Gasteiger partial charge in [-0.2, -0.15) is 0 Å². The Morgan fingerprint density at radius 1 is 1.24 bits per heavy atom. The Morgan fingerprint density at radius 2 is 1.88 bits per heavy atom. The van der Waals surface area contributed by atoms with Crippen LogP contribution in [0.15, 0.2) is 38.8 Å². The van der Waals surface area contributed by atoms with Gasteiger partial charge in [0, 0.05) is 11.6 Å². The van der Waals surface area contributed by atoms with Gasteiger partial charge in [0.2, 0.25) is 5.91 Å². The van der Waals surface area contributed by atoms with Gasteiger partial charge >= 0.3 is 0 Å². The molecule has 2 heterocycles. The van der Waals surface area contributed by atoms with Crippen LogP contribution in [0, 0.1) is 0 Å². The van der Waals surface area contributed by atoms with Crippen LogP contribution in [0.2, 0.25) is 0 Å². The zero-order valence-electron chi connectivity index (χ0n) is 17.9. The maximum atomic E-state index is 12.8. The van der Waals surface area contributed by atoms with Crippen LogP contribution in [-0.4, -0.2) is 50.3 Å². The first-order valence-corrected chi connectivity index (χ1v) is 13.8. The highest BCUT2D eigenvalue weighted by Crippen LogP contribution is 2.42. The topological polar surface area (TPSA) is 162 Å². The number of sulfone groups is 1. The van der Waals surface area contributed by atoms with E-state index in [1.165, 1.54) is 6.07 Å². The number of sulfonamides is 1. The molecule has 2 aromatic rings. The normalized spacial score (nSPS) is 19.9. The molecule has 0 bridgehead atoms. The summed E-state index contributed by atoms with van der Waals surface area (Å²) in [5, 5.41) is 19.2. The summed E-state index contributed by atoms with van der Waals surface area (Å²) in [5.41, 5.74) is 1.52. The van der Waals surface area contributed by atoms with Crippen LogP contribution in [0.1, 0.15) is 43.0 Å². The van der Waals surface area contributed by atoms with Gasteiger partial charge < -0.3 is 5.32 Å². The maximum absolute atomic E-state index is 12.8. The third kappa shape index (κ3) is 5.96. The average Bonchev–Trinajstić information content (AvgIpc) is 3.19. The van der Waals surface area contributed by atoms with E-state index >= 15 is 0 Å². The fourth-order valence-corrected chi connectivity index (χ4v) is 8.46. The van der Waals surface area contributed by atoms with E-state index in [0.717, 1.165) is 0 Å². The van der Waals surface area contributed by atoms with Gasteiger partial charge in [-0.05, 0) is 37.1 Å². The number of hydrogen-bond acceptors (Lipinski definition) is 11. The molecule has 1 aromatic carbocycles. The molecule has 3 rings (SSSR count). The molecular weight excluding hydrogens is 494 g/mol. The van der Waals surface area contributed by atoms with E-state index in [1.807, 2.05) is 11.6 Å². The number of nitrogens with one attached hydrogen (secondary N) is 2. The van der Waals surface area contributed by atoms with Crippen molar-refractivity contribution in [3.05, 3.63) is 47.0 Å². The van der Waals surface area contributed by atoms with Crippen molar-refractivity contribution < 1.29 is 36.9 Å². The van der Waals surface area contributed by atoms with Gasteiger partial charge in [0.15, 0.2) is 9.84 Å². The Labute approximate surface area is 195 Å². The van der Waals surface area contributed by atoms with Gasteiger partial charge in [0.25, 0.3) is 10.0 Å². The number of fused-ring (bicyclic) bond motifs is 1. The molecule has 4 N–H and O–H groups in total. The summed E-state index contributed by atoms with van der Waals surface area (Å²) in [7, 11) is -7.91. The lowest BCUT2D eigenvalue weighted by Crippen LogP contribution is -2.33. The number of nitrogens with zero attached hydrogens (tertiary/aromatic N) is 1. The standard InChI is InChI=1S/C19H25N3O8S3/c1-3-20-16-8-12(2)32(26,27)19-15(16)10-18(31-19)33(28,29)21-17(23)9-13-4-6-14(7-5-13)11-30-22(24)25/h4-7,10,12,16,20,24-25H,3,8-9,11H2,1-2H3,(H,21,23)/t12?,16-/m0/s1. The van der Waals surface area contributed by atoms with Crippen LogP contribution >= 0.6 is 11.3 Å². The van der Waals surface area contributed by atoms with Crippen molar-refractivity contribution in [1.29, 1.82) is 0 Å². The number of amides is 1. The molecule has 0 fully saturated rings. The number of benzene rings is 1. The van der Waals surface area contributed by atoms with Crippen molar-refractivity contribution in [1.82, 2.24) is 15.4 Å². The Hall–Kier alpha value is -1.91. The van der Waals surface area contributed by atoms with E-state index in [0.29, 0.717) is 41.0 Å². The Balaban J connectivity index is 1.74. The van der Waals surface area contributed by atoms with Crippen molar-refractivity contribution in [3.63, 3.8) is 0 Å². The molecule has 182 valence electrons. The van der Waals surface area contributed by atoms with Crippen LogP contribution in [0.5, 0.6) is 0 Å². The van der Waals surface area contributed by atoms with Crippen molar-refractivity contribution in [2.24, 2.45) is 0 Å². The van der Waals surface area contributed by atoms with Crippen LogP contribution in [-0.2, 0) is 42.5 Å². The Bertz CT molecular complexity index is 1210. The number of carbonyl (C=O) groups excluding carboxylic acids is 1. The molecule has 2 atom stereocenters. The van der Waals surface area contributed by atoms with Gasteiger partial charge in [0.1, 0.15) is 8.42 Å². The number of hydrogen-bond donors (Lipinski definition) is 4. The molecule has 0 saturated carbocycles. The van der Waals surface area contributed by atoms with Gasteiger partial charge in [0.05, 0.1) is 23.7 Å². The SMILES string of the molecule is CCN[C@H]1CC(C)S(=O)(=O)c2sc(S(=O)(=O)NC(=O)Cc3ccc(CON(O)O)cc3)cc21. The largest absolute Gasteiger partial charge is 0.310 e. The third-order valence-corrected chi connectivity index (χ3v) is 10.9. The first kappa shape index (κ1) is 25.7. The highest BCUT2D eigenvalue weighted by Gasteiger charge is 2.39. The predicted octanol–water partition coefficient (Wildman–Crippen LogP) is 1.52. The molecule has 1 aromatic heterocycles. The smallest absolute Gasteiger partial charge is 0.273 e. The lowest BCUT2D eigenvalue weighted by atomic mass is 10.1. The summed E-state index contributed by atoms with van der Waals surface area (Å²) < 4.78 is 52.9. The van der Waals surface area contributed by atoms with Crippen molar-refractivity contribution >= 4 is 37.1 Å². The lowest BCUT2D eigenvalue weighted by Gasteiger charge is -2.27. The Kier molecular flexibility index (Phi) is 7.91. The second-order valence-electron chi connectivity index (χ2n) is 7.56. The molecule has 0 spiro atoms. The van der Waals surface area contributed by atoms with Gasteiger partial charge in [-0.25, -0.2) is 26.4 Å². The summed E-state index contributed by atoms with van der Waals surface area (Å²) in [6.07, 6.45) is 0.106. The summed E-state index contributed by atoms with van der Waals surface area (Å²) in [6.45, 7) is 3.95. The summed E-state index contributed by atoms with van der Waals surface area (Å²) in [4.78, 5) is 16.9. The molecule has 1 aliphatic rings. The zero-order chi connectivity index (χ0) is 24.4. The number of carbonyl (C=O) groups is 1. The predicted molar refractivity (Wildman–Crippen MR) is 118 cm³/mol. The Morgan fingerprint density at radius 3 is 2.48 bits per heavy atom. The lowest BCUT2D eigenvalue weighted by molar-refractivity contribution is -0.497. The molecule has 11 nitrogen and oxygen atoms in total. The zero-order valence-corrected chi connectivity index (χ0v) is 20.3. The van der Waals surface area contributed by atoms with E-state index in [1.54, 1.807) is 31.2 Å². The maximum Gasteiger partial charge on any atom is 0.273 e. The molecule has 14 heteroatoms. The molecule has 1 unspecified atom stereocenters. The van der Waals surface area contributed by atoms with E-state index in [2.05, 4.69) is 10.2 Å². The van der Waals surface area contributed by atoms with E-state index in [4.69, 9.17) is 10.4 Å². The molecule has 0 aliphatic carbocycles. The minimum absolute atomic E-state index is 0.0159. The van der Waals surface area contributed by atoms with Crippen molar-refractivity contribution in [3.8, 4) is 0 Å². The average molecular weight is 520 g/mol. The first-order chi connectivity index (χ1) is 15.4. The van der Waals surface area contributed by atoms with Crippen LogP contribution in [0.3, 0.4) is 0 Å². The fourth-order valence-electron chi connectivity index (χ4n) is 3.48. The molecule has 33 heavy (non-hydrogen) atoms. The highest BCUT2D eigenvalue weighted by molar-refractivity contribution is 7.95. The fraction of sp³-hybridized carbons (Fsp3) is 0.421. The summed E-state index contributed by atoms with van der Waals surface area (Å²) >= 11 is 0.651. The van der Waals surface area contributed by atoms with E-state index in [-0.39, 0.29) is 27.5 Å². The second kappa shape index (κ2) is 10.1. The quantitative estimate of drug-likeness (QED) is 0.357. The van der Waals surface area contributed by atoms with Crippen LogP contribution in [0.4, 0.5) is 0 Å². The van der Waals surface area contributed by atoms with Crippen molar-refractivity contribution in [2.45, 2.75) is 53.0 Å². The van der Waals surface area contributed by atoms with E-state index in [9.17, 15) is 21.6 Å². The number of thiophene rings is 1. The molecular formula is C19H25N3O8S3. The molecule has 0 radical (unpaired) electrons. The van der Waals surface area contributed by atoms with E-state index < -0.39 is 36.4 Å². The van der Waals surface area contributed by atoms with Crippen molar-refractivity contribution in [2.75, 3.05) is 6.54 Å².